The number of halogens is 3. The minimum absolute atomic E-state index is 0.189. The molecule has 0 radical (unpaired) electrons. The Balaban J connectivity index is 2.53. The maximum atomic E-state index is 12.7. The standard InChI is InChI=1S/C11H20F3N3/c1-2-17(6-8-4-3-5-8)7-9(10(15)16)11(12,13)14/h8-9H,2-7H2,1H3,(H3,15,16). The Hall–Kier alpha value is -0.780. The smallest absolute Gasteiger partial charge is 0.387 e. The average Bonchev–Trinajstić information content (AvgIpc) is 2.12. The third-order valence-electron chi connectivity index (χ3n) is 3.40. The summed E-state index contributed by atoms with van der Waals surface area (Å²) in [4.78, 5) is 1.75. The van der Waals surface area contributed by atoms with Crippen molar-refractivity contribution in [3.8, 4) is 0 Å². The molecule has 0 heterocycles. The quantitative estimate of drug-likeness (QED) is 0.562. The van der Waals surface area contributed by atoms with Crippen LogP contribution in [0.25, 0.3) is 0 Å². The van der Waals surface area contributed by atoms with Crippen molar-refractivity contribution in [3.05, 3.63) is 0 Å². The monoisotopic (exact) mass is 251 g/mol. The molecule has 1 aliphatic carbocycles. The number of nitrogens with two attached hydrogens (primary N) is 1. The second-order valence-electron chi connectivity index (χ2n) is 4.70. The molecule has 0 aromatic carbocycles. The number of amidine groups is 1. The van der Waals surface area contributed by atoms with Crippen molar-refractivity contribution in [2.45, 2.75) is 32.4 Å². The van der Waals surface area contributed by atoms with Crippen LogP contribution in [-0.2, 0) is 0 Å². The van der Waals surface area contributed by atoms with E-state index < -0.39 is 17.9 Å². The molecule has 0 bridgehead atoms. The lowest BCUT2D eigenvalue weighted by atomic mass is 9.85. The van der Waals surface area contributed by atoms with Crippen molar-refractivity contribution in [1.29, 1.82) is 5.41 Å². The highest BCUT2D eigenvalue weighted by Crippen LogP contribution is 2.30. The highest BCUT2D eigenvalue weighted by atomic mass is 19.4. The van der Waals surface area contributed by atoms with Crippen LogP contribution in [0, 0.1) is 17.2 Å². The van der Waals surface area contributed by atoms with Crippen LogP contribution >= 0.6 is 0 Å². The van der Waals surface area contributed by atoms with Gasteiger partial charge in [-0.1, -0.05) is 13.3 Å². The first kappa shape index (κ1) is 14.3. The van der Waals surface area contributed by atoms with Gasteiger partial charge in [-0.3, -0.25) is 5.41 Å². The lowest BCUT2D eigenvalue weighted by Crippen LogP contribution is -2.45. The van der Waals surface area contributed by atoms with Crippen molar-refractivity contribution in [1.82, 2.24) is 4.90 Å². The SMILES string of the molecule is CCN(CC1CCC1)CC(C(=N)N)C(F)(F)F. The highest BCUT2D eigenvalue weighted by molar-refractivity contribution is 5.80. The van der Waals surface area contributed by atoms with Gasteiger partial charge < -0.3 is 10.6 Å². The number of hydrogen-bond donors (Lipinski definition) is 2. The van der Waals surface area contributed by atoms with Crippen molar-refractivity contribution < 1.29 is 13.2 Å². The lowest BCUT2D eigenvalue weighted by Gasteiger charge is -2.34. The van der Waals surface area contributed by atoms with Crippen LogP contribution in [0.15, 0.2) is 0 Å². The minimum Gasteiger partial charge on any atom is -0.387 e. The van der Waals surface area contributed by atoms with E-state index in [1.807, 2.05) is 6.92 Å². The zero-order chi connectivity index (χ0) is 13.1. The number of alkyl halides is 3. The second kappa shape index (κ2) is 5.71. The van der Waals surface area contributed by atoms with Crippen LogP contribution < -0.4 is 5.73 Å². The van der Waals surface area contributed by atoms with Crippen molar-refractivity contribution in [2.75, 3.05) is 19.6 Å². The molecule has 1 rings (SSSR count). The summed E-state index contributed by atoms with van der Waals surface area (Å²) in [5.74, 6) is -2.09. The predicted molar refractivity (Wildman–Crippen MR) is 60.9 cm³/mol. The van der Waals surface area contributed by atoms with E-state index in [-0.39, 0.29) is 6.54 Å². The van der Waals surface area contributed by atoms with Crippen molar-refractivity contribution >= 4 is 5.84 Å². The minimum atomic E-state index is -4.42. The van der Waals surface area contributed by atoms with E-state index in [4.69, 9.17) is 11.1 Å². The lowest BCUT2D eigenvalue weighted by molar-refractivity contribution is -0.160. The molecule has 1 unspecified atom stereocenters. The molecule has 6 heteroatoms. The fourth-order valence-electron chi connectivity index (χ4n) is 2.01. The van der Waals surface area contributed by atoms with Crippen LogP contribution in [0.1, 0.15) is 26.2 Å². The molecule has 1 saturated carbocycles. The topological polar surface area (TPSA) is 53.1 Å². The fourth-order valence-corrected chi connectivity index (χ4v) is 2.01. The summed E-state index contributed by atoms with van der Waals surface area (Å²) in [6.07, 6.45) is -1.03. The summed E-state index contributed by atoms with van der Waals surface area (Å²) < 4.78 is 38.0. The maximum Gasteiger partial charge on any atom is 0.399 e. The molecule has 3 N–H and O–H groups in total. The normalized spacial score (nSPS) is 19.1. The van der Waals surface area contributed by atoms with Gasteiger partial charge in [0.25, 0.3) is 0 Å². The molecule has 0 aliphatic heterocycles. The average molecular weight is 251 g/mol. The van der Waals surface area contributed by atoms with Gasteiger partial charge in [0, 0.05) is 13.1 Å². The van der Waals surface area contributed by atoms with Crippen molar-refractivity contribution in [2.24, 2.45) is 17.6 Å². The van der Waals surface area contributed by atoms with Gasteiger partial charge >= 0.3 is 6.18 Å². The van der Waals surface area contributed by atoms with Crippen LogP contribution in [-0.4, -0.2) is 36.5 Å². The van der Waals surface area contributed by atoms with E-state index in [2.05, 4.69) is 0 Å². The molecule has 1 fully saturated rings. The number of rotatable bonds is 6. The zero-order valence-corrected chi connectivity index (χ0v) is 10.1. The van der Waals surface area contributed by atoms with Gasteiger partial charge in [0.1, 0.15) is 11.8 Å². The van der Waals surface area contributed by atoms with Gasteiger partial charge in [-0.25, -0.2) is 0 Å². The maximum absolute atomic E-state index is 12.7. The molecule has 0 aromatic heterocycles. The van der Waals surface area contributed by atoms with Crippen LogP contribution in [0.2, 0.25) is 0 Å². The summed E-state index contributed by atoms with van der Waals surface area (Å²) in [6.45, 7) is 2.91. The Kier molecular flexibility index (Phi) is 4.80. The molecule has 1 atom stereocenters. The summed E-state index contributed by atoms with van der Waals surface area (Å²) in [5.41, 5.74) is 5.04. The molecule has 1 aliphatic rings. The van der Waals surface area contributed by atoms with E-state index >= 15 is 0 Å². The first-order valence-electron chi connectivity index (χ1n) is 5.97. The summed E-state index contributed by atoms with van der Waals surface area (Å²) >= 11 is 0. The summed E-state index contributed by atoms with van der Waals surface area (Å²) in [6, 6.07) is 0. The van der Waals surface area contributed by atoms with Gasteiger partial charge in [0.15, 0.2) is 0 Å². The van der Waals surface area contributed by atoms with E-state index in [9.17, 15) is 13.2 Å². The molecule has 3 nitrogen and oxygen atoms in total. The van der Waals surface area contributed by atoms with Crippen LogP contribution in [0.5, 0.6) is 0 Å². The Bertz CT molecular complexity index is 261. The van der Waals surface area contributed by atoms with Gasteiger partial charge in [0.05, 0.1) is 0 Å². The predicted octanol–water partition coefficient (Wildman–Crippen LogP) is 2.22. The molecule has 0 amide bonds. The first-order chi connectivity index (χ1) is 7.84. The third kappa shape index (κ3) is 4.18. The van der Waals surface area contributed by atoms with Gasteiger partial charge in [-0.2, -0.15) is 13.2 Å². The van der Waals surface area contributed by atoms with E-state index in [1.165, 1.54) is 6.42 Å². The largest absolute Gasteiger partial charge is 0.399 e. The van der Waals surface area contributed by atoms with E-state index in [0.29, 0.717) is 19.0 Å². The van der Waals surface area contributed by atoms with Gasteiger partial charge in [-0.05, 0) is 25.3 Å². The van der Waals surface area contributed by atoms with Crippen molar-refractivity contribution in [3.63, 3.8) is 0 Å². The van der Waals surface area contributed by atoms with Crippen LogP contribution in [0.3, 0.4) is 0 Å². The van der Waals surface area contributed by atoms with Crippen LogP contribution in [0.4, 0.5) is 13.2 Å². The zero-order valence-electron chi connectivity index (χ0n) is 10.1. The number of hydrogen-bond acceptors (Lipinski definition) is 2. The molecule has 100 valence electrons. The Morgan fingerprint density at radius 1 is 1.47 bits per heavy atom. The molecule has 0 spiro atoms. The fraction of sp³-hybridized carbons (Fsp3) is 0.909. The highest BCUT2D eigenvalue weighted by Gasteiger charge is 2.42. The van der Waals surface area contributed by atoms with E-state index in [0.717, 1.165) is 12.8 Å². The summed E-state index contributed by atoms with van der Waals surface area (Å²) in [5, 5.41) is 7.05. The Morgan fingerprint density at radius 2 is 2.06 bits per heavy atom. The molecular formula is C11H20F3N3. The molecule has 0 aromatic rings. The van der Waals surface area contributed by atoms with Gasteiger partial charge in [-0.15, -0.1) is 0 Å². The second-order valence-corrected chi connectivity index (χ2v) is 4.70. The first-order valence-corrected chi connectivity index (χ1v) is 5.97. The third-order valence-corrected chi connectivity index (χ3v) is 3.40. The number of nitrogens with one attached hydrogen (secondary N) is 1. The Morgan fingerprint density at radius 3 is 2.35 bits per heavy atom. The molecule has 17 heavy (non-hydrogen) atoms. The van der Waals surface area contributed by atoms with Gasteiger partial charge in [0.2, 0.25) is 0 Å². The van der Waals surface area contributed by atoms with E-state index in [1.54, 1.807) is 4.90 Å². The molecule has 0 saturated heterocycles. The molecular weight excluding hydrogens is 231 g/mol. The summed E-state index contributed by atoms with van der Waals surface area (Å²) in [7, 11) is 0. The Labute approximate surface area is 99.7 Å². The number of nitrogens with zero attached hydrogens (tertiary/aromatic N) is 1.